The first kappa shape index (κ1) is 17.6. The summed E-state index contributed by atoms with van der Waals surface area (Å²) in [6.07, 6.45) is 0.399. The minimum absolute atomic E-state index is 0.0778. The lowest BCUT2D eigenvalue weighted by Gasteiger charge is -2.32. The highest BCUT2D eigenvalue weighted by atomic mass is 16.5. The van der Waals surface area contributed by atoms with Crippen molar-refractivity contribution in [1.29, 1.82) is 0 Å². The van der Waals surface area contributed by atoms with Gasteiger partial charge in [0.2, 0.25) is 0 Å². The zero-order chi connectivity index (χ0) is 17.6. The van der Waals surface area contributed by atoms with Crippen molar-refractivity contribution < 1.29 is 14.4 Å². The van der Waals surface area contributed by atoms with Crippen LogP contribution in [0.4, 0.5) is 0 Å². The van der Waals surface area contributed by atoms with Gasteiger partial charge in [0.15, 0.2) is 6.54 Å². The van der Waals surface area contributed by atoms with Crippen molar-refractivity contribution in [1.82, 2.24) is 5.32 Å². The molecule has 2 aromatic carbocycles. The molecule has 0 saturated carbocycles. The van der Waals surface area contributed by atoms with Crippen LogP contribution in [0.15, 0.2) is 60.7 Å². The first-order chi connectivity index (χ1) is 12.1. The number of quaternary nitrogens is 1. The van der Waals surface area contributed by atoms with E-state index in [1.54, 1.807) is 0 Å². The largest absolute Gasteiger partial charge is 0.364 e. The van der Waals surface area contributed by atoms with Gasteiger partial charge in [-0.3, -0.25) is 4.79 Å². The molecule has 0 aliphatic carbocycles. The van der Waals surface area contributed by atoms with Gasteiger partial charge >= 0.3 is 0 Å². The molecule has 2 N–H and O–H groups in total. The van der Waals surface area contributed by atoms with Gasteiger partial charge in [-0.05, 0) is 25.0 Å². The van der Waals surface area contributed by atoms with Crippen LogP contribution >= 0.6 is 0 Å². The summed E-state index contributed by atoms with van der Waals surface area (Å²) in [6, 6.07) is 20.1. The predicted octanol–water partition coefficient (Wildman–Crippen LogP) is 1.58. The number of morpholine rings is 1. The number of hydrogen-bond donors (Lipinski definition) is 2. The Bertz CT molecular complexity index is 625. The van der Waals surface area contributed by atoms with E-state index in [0.717, 1.165) is 24.2 Å². The van der Waals surface area contributed by atoms with Crippen LogP contribution in [0, 0.1) is 0 Å². The van der Waals surface area contributed by atoms with E-state index in [-0.39, 0.29) is 24.2 Å². The van der Waals surface area contributed by atoms with Crippen LogP contribution in [-0.4, -0.2) is 37.7 Å². The topological polar surface area (TPSA) is 42.8 Å². The zero-order valence-corrected chi connectivity index (χ0v) is 14.9. The molecule has 132 valence electrons. The molecular formula is C21H27N2O2+. The first-order valence-corrected chi connectivity index (χ1v) is 9.00. The van der Waals surface area contributed by atoms with Gasteiger partial charge in [0, 0.05) is 0 Å². The van der Waals surface area contributed by atoms with Gasteiger partial charge in [0.1, 0.15) is 25.3 Å². The summed E-state index contributed by atoms with van der Waals surface area (Å²) in [5.74, 6) is 0.0778. The van der Waals surface area contributed by atoms with Gasteiger partial charge < -0.3 is 15.0 Å². The zero-order valence-electron chi connectivity index (χ0n) is 14.9. The Labute approximate surface area is 149 Å². The summed E-state index contributed by atoms with van der Waals surface area (Å²) in [5, 5.41) is 3.23. The molecule has 25 heavy (non-hydrogen) atoms. The summed E-state index contributed by atoms with van der Waals surface area (Å²) in [4.78, 5) is 14.0. The molecule has 1 aliphatic heterocycles. The Hall–Kier alpha value is -2.17. The third-order valence-corrected chi connectivity index (χ3v) is 4.60. The Morgan fingerprint density at radius 2 is 1.48 bits per heavy atom. The normalized spacial score (nSPS) is 23.4. The summed E-state index contributed by atoms with van der Waals surface area (Å²) in [5.41, 5.74) is 2.20. The summed E-state index contributed by atoms with van der Waals surface area (Å²) >= 11 is 0. The second kappa shape index (κ2) is 8.28. The van der Waals surface area contributed by atoms with E-state index < -0.39 is 0 Å². The maximum Gasteiger partial charge on any atom is 0.275 e. The Kier molecular flexibility index (Phi) is 5.84. The van der Waals surface area contributed by atoms with Gasteiger partial charge in [0.05, 0.1) is 6.04 Å². The maximum atomic E-state index is 12.7. The molecule has 0 aromatic heterocycles. The molecule has 1 unspecified atom stereocenters. The van der Waals surface area contributed by atoms with Crippen molar-refractivity contribution in [3.05, 3.63) is 71.8 Å². The van der Waals surface area contributed by atoms with E-state index in [9.17, 15) is 4.79 Å². The van der Waals surface area contributed by atoms with Crippen LogP contribution in [0.2, 0.25) is 0 Å². The minimum Gasteiger partial charge on any atom is -0.364 e. The standard InChI is InChI=1S/C21H26N2O2/c1-16-13-23(14-17(2)25-16)15-20(24)22-21(18-9-5-3-6-10-18)19-11-7-4-8-12-19/h3-12,16-17,21H,13-15H2,1-2H3,(H,22,24)/p+1/t16-,17+. The van der Waals surface area contributed by atoms with Crippen molar-refractivity contribution in [3.8, 4) is 0 Å². The van der Waals surface area contributed by atoms with E-state index in [1.807, 2.05) is 36.4 Å². The summed E-state index contributed by atoms with van der Waals surface area (Å²) < 4.78 is 5.77. The van der Waals surface area contributed by atoms with Crippen LogP contribution in [0.25, 0.3) is 0 Å². The second-order valence-electron chi connectivity index (χ2n) is 6.91. The van der Waals surface area contributed by atoms with Crippen LogP contribution in [0.5, 0.6) is 0 Å². The highest BCUT2D eigenvalue weighted by Crippen LogP contribution is 2.21. The number of hydrogen-bond acceptors (Lipinski definition) is 2. The monoisotopic (exact) mass is 339 g/mol. The lowest BCUT2D eigenvalue weighted by Crippen LogP contribution is -3.16. The number of rotatable bonds is 5. The van der Waals surface area contributed by atoms with Gasteiger partial charge in [-0.1, -0.05) is 60.7 Å². The summed E-state index contributed by atoms with van der Waals surface area (Å²) in [6.45, 7) is 6.38. The van der Waals surface area contributed by atoms with Crippen LogP contribution in [0.1, 0.15) is 31.0 Å². The summed E-state index contributed by atoms with van der Waals surface area (Å²) in [7, 11) is 0. The number of carbonyl (C=O) groups is 1. The van der Waals surface area contributed by atoms with Crippen molar-refractivity contribution >= 4 is 5.91 Å². The molecule has 1 fully saturated rings. The van der Waals surface area contributed by atoms with Crippen LogP contribution in [-0.2, 0) is 9.53 Å². The number of nitrogens with one attached hydrogen (secondary N) is 2. The first-order valence-electron chi connectivity index (χ1n) is 9.00. The fourth-order valence-electron chi connectivity index (χ4n) is 3.62. The molecular weight excluding hydrogens is 312 g/mol. The number of ether oxygens (including phenoxy) is 1. The van der Waals surface area contributed by atoms with E-state index in [1.165, 1.54) is 4.90 Å². The number of benzene rings is 2. The highest BCUT2D eigenvalue weighted by molar-refractivity contribution is 5.78. The average Bonchev–Trinajstić information content (AvgIpc) is 2.60. The molecule has 1 saturated heterocycles. The molecule has 0 spiro atoms. The van der Waals surface area contributed by atoms with Crippen molar-refractivity contribution in [2.75, 3.05) is 19.6 Å². The van der Waals surface area contributed by atoms with Gasteiger partial charge in [-0.2, -0.15) is 0 Å². The number of carbonyl (C=O) groups excluding carboxylic acids is 1. The quantitative estimate of drug-likeness (QED) is 0.869. The second-order valence-corrected chi connectivity index (χ2v) is 6.91. The molecule has 1 aliphatic rings. The van der Waals surface area contributed by atoms with Crippen molar-refractivity contribution in [2.24, 2.45) is 0 Å². The average molecular weight is 339 g/mol. The van der Waals surface area contributed by atoms with Gasteiger partial charge in [-0.15, -0.1) is 0 Å². The van der Waals surface area contributed by atoms with Gasteiger partial charge in [0.25, 0.3) is 5.91 Å². The molecule has 1 heterocycles. The lowest BCUT2D eigenvalue weighted by atomic mass is 9.98. The smallest absolute Gasteiger partial charge is 0.275 e. The molecule has 1 amide bonds. The van der Waals surface area contributed by atoms with E-state index >= 15 is 0 Å². The van der Waals surface area contributed by atoms with E-state index in [4.69, 9.17) is 4.74 Å². The fraction of sp³-hybridized carbons (Fsp3) is 0.381. The molecule has 0 bridgehead atoms. The fourth-order valence-corrected chi connectivity index (χ4v) is 3.62. The molecule has 4 nitrogen and oxygen atoms in total. The third-order valence-electron chi connectivity index (χ3n) is 4.60. The number of amides is 1. The maximum absolute atomic E-state index is 12.7. The van der Waals surface area contributed by atoms with Crippen LogP contribution < -0.4 is 10.2 Å². The Morgan fingerprint density at radius 1 is 1.00 bits per heavy atom. The van der Waals surface area contributed by atoms with E-state index in [2.05, 4.69) is 43.4 Å². The van der Waals surface area contributed by atoms with Crippen molar-refractivity contribution in [3.63, 3.8) is 0 Å². The Morgan fingerprint density at radius 3 is 1.96 bits per heavy atom. The SMILES string of the molecule is C[C@@H]1C[NH+](CC(=O)NC(c2ccccc2)c2ccccc2)C[C@H](C)O1. The predicted molar refractivity (Wildman–Crippen MR) is 98.4 cm³/mol. The molecule has 3 atom stereocenters. The van der Waals surface area contributed by atoms with E-state index in [0.29, 0.717) is 6.54 Å². The van der Waals surface area contributed by atoms with Crippen LogP contribution in [0.3, 0.4) is 0 Å². The Balaban J connectivity index is 1.71. The molecule has 3 rings (SSSR count). The molecule has 2 aromatic rings. The van der Waals surface area contributed by atoms with Crippen molar-refractivity contribution in [2.45, 2.75) is 32.1 Å². The molecule has 4 heteroatoms. The van der Waals surface area contributed by atoms with Gasteiger partial charge in [-0.25, -0.2) is 0 Å². The molecule has 0 radical (unpaired) electrons. The third kappa shape index (κ3) is 4.91. The lowest BCUT2D eigenvalue weighted by molar-refractivity contribution is -0.907. The minimum atomic E-state index is -0.120. The highest BCUT2D eigenvalue weighted by Gasteiger charge is 2.28.